The zero-order valence-corrected chi connectivity index (χ0v) is 14.0. The van der Waals surface area contributed by atoms with Crippen molar-refractivity contribution in [2.45, 2.75) is 45.6 Å². The van der Waals surface area contributed by atoms with Crippen molar-refractivity contribution in [1.82, 2.24) is 0 Å². The summed E-state index contributed by atoms with van der Waals surface area (Å²) in [4.78, 5) is 12.6. The summed E-state index contributed by atoms with van der Waals surface area (Å²) < 4.78 is 0. The molecule has 2 aliphatic carbocycles. The van der Waals surface area contributed by atoms with Gasteiger partial charge < -0.3 is 5.11 Å². The molecule has 0 amide bonds. The number of aliphatic hydroxyl groups is 1. The molecule has 1 aromatic carbocycles. The van der Waals surface area contributed by atoms with Crippen LogP contribution in [0.3, 0.4) is 0 Å². The number of fused-ring (bicyclic) bond motifs is 1. The monoisotopic (exact) mass is 309 g/mol. The highest BCUT2D eigenvalue weighted by Gasteiger charge is 2.56. The lowest BCUT2D eigenvalue weighted by atomic mass is 9.50. The second-order valence-corrected chi connectivity index (χ2v) is 7.89. The van der Waals surface area contributed by atoms with Crippen LogP contribution in [0.5, 0.6) is 0 Å². The molecule has 2 aliphatic rings. The lowest BCUT2D eigenvalue weighted by Crippen LogP contribution is -2.52. The van der Waals surface area contributed by atoms with Crippen LogP contribution in [0.15, 0.2) is 42.0 Å². The molecular formula is C20H23NO2. The molecule has 1 N–H and O–H groups in total. The zero-order valence-electron chi connectivity index (χ0n) is 14.0. The van der Waals surface area contributed by atoms with E-state index in [9.17, 15) is 15.2 Å². The number of nitrogens with zero attached hydrogens (tertiary/aromatic N) is 1. The molecule has 1 aromatic rings. The topological polar surface area (TPSA) is 61.1 Å². The summed E-state index contributed by atoms with van der Waals surface area (Å²) in [5, 5.41) is 20.6. The zero-order chi connectivity index (χ0) is 16.9. The number of hydrogen-bond donors (Lipinski definition) is 1. The highest BCUT2D eigenvalue weighted by molar-refractivity contribution is 6.04. The Morgan fingerprint density at radius 1 is 1.22 bits per heavy atom. The Balaban J connectivity index is 2.06. The number of ketones is 1. The van der Waals surface area contributed by atoms with Crippen LogP contribution < -0.4 is 0 Å². The molecule has 0 unspecified atom stereocenters. The number of carbonyl (C=O) groups excluding carboxylic acids is 1. The molecule has 120 valence electrons. The average Bonchev–Trinajstić information content (AvgIpc) is 2.51. The van der Waals surface area contributed by atoms with Crippen LogP contribution in [0.4, 0.5) is 0 Å². The summed E-state index contributed by atoms with van der Waals surface area (Å²) in [5.41, 5.74) is -0.662. The van der Waals surface area contributed by atoms with Gasteiger partial charge >= 0.3 is 0 Å². The number of rotatable bonds is 1. The van der Waals surface area contributed by atoms with Crippen molar-refractivity contribution < 1.29 is 9.90 Å². The molecule has 0 saturated heterocycles. The molecule has 3 atom stereocenters. The fourth-order valence-electron chi connectivity index (χ4n) is 4.87. The van der Waals surface area contributed by atoms with Crippen LogP contribution in [0.1, 0.15) is 45.6 Å². The maximum absolute atomic E-state index is 12.6. The predicted molar refractivity (Wildman–Crippen MR) is 88.3 cm³/mol. The van der Waals surface area contributed by atoms with Gasteiger partial charge in [0.05, 0.1) is 11.2 Å². The van der Waals surface area contributed by atoms with E-state index in [0.717, 1.165) is 12.0 Å². The van der Waals surface area contributed by atoms with Crippen molar-refractivity contribution in [3.05, 3.63) is 47.5 Å². The second-order valence-electron chi connectivity index (χ2n) is 7.89. The number of nitriles is 1. The van der Waals surface area contributed by atoms with Crippen molar-refractivity contribution in [3.63, 3.8) is 0 Å². The predicted octanol–water partition coefficient (Wildman–Crippen LogP) is 3.74. The molecule has 1 fully saturated rings. The molecule has 0 bridgehead atoms. The number of Topliss-reactive ketones (excluding diaryl/α,β-unsaturated/α-hetero) is 1. The first-order valence-electron chi connectivity index (χ1n) is 8.19. The quantitative estimate of drug-likeness (QED) is 0.859. The normalized spacial score (nSPS) is 35.9. The first-order chi connectivity index (χ1) is 10.7. The molecule has 1 saturated carbocycles. The highest BCUT2D eigenvalue weighted by Crippen LogP contribution is 2.59. The van der Waals surface area contributed by atoms with Gasteiger partial charge in [-0.15, -0.1) is 0 Å². The molecular weight excluding hydrogens is 286 g/mol. The van der Waals surface area contributed by atoms with Crippen LogP contribution in [0.2, 0.25) is 0 Å². The minimum absolute atomic E-state index is 0.0624. The average molecular weight is 309 g/mol. The molecule has 23 heavy (non-hydrogen) atoms. The van der Waals surface area contributed by atoms with Gasteiger partial charge in [-0.1, -0.05) is 57.2 Å². The lowest BCUT2D eigenvalue weighted by molar-refractivity contribution is -0.138. The lowest BCUT2D eigenvalue weighted by Gasteiger charge is -2.54. The van der Waals surface area contributed by atoms with Crippen molar-refractivity contribution in [2.75, 3.05) is 0 Å². The van der Waals surface area contributed by atoms with Gasteiger partial charge in [-0.05, 0) is 36.2 Å². The van der Waals surface area contributed by atoms with E-state index in [4.69, 9.17) is 0 Å². The maximum atomic E-state index is 12.6. The van der Waals surface area contributed by atoms with E-state index in [1.807, 2.05) is 50.3 Å². The van der Waals surface area contributed by atoms with Gasteiger partial charge in [0.1, 0.15) is 6.07 Å². The summed E-state index contributed by atoms with van der Waals surface area (Å²) in [6.45, 7) is 5.96. The third-order valence-electron chi connectivity index (χ3n) is 5.92. The van der Waals surface area contributed by atoms with Gasteiger partial charge in [0, 0.05) is 5.41 Å². The molecule has 3 heteroatoms. The van der Waals surface area contributed by atoms with Gasteiger partial charge in [-0.3, -0.25) is 4.79 Å². The standard InChI is InChI=1S/C20H23NO2/c1-18(2)16-9-10-20(23,15-7-5-4-6-8-15)13-19(16,3)11-14(12-21)17(18)22/h4-8,11,16,23H,9-10,13H2,1-3H3/t16-,19-,20+/m1/s1. The molecule has 0 radical (unpaired) electrons. The van der Waals surface area contributed by atoms with Gasteiger partial charge in [-0.25, -0.2) is 0 Å². The Hall–Kier alpha value is -1.92. The summed E-state index contributed by atoms with van der Waals surface area (Å²) >= 11 is 0. The Morgan fingerprint density at radius 2 is 1.87 bits per heavy atom. The Morgan fingerprint density at radius 3 is 2.48 bits per heavy atom. The Labute approximate surface area is 137 Å². The smallest absolute Gasteiger partial charge is 0.178 e. The summed E-state index contributed by atoms with van der Waals surface area (Å²) in [5.74, 6) is 0.0798. The van der Waals surface area contributed by atoms with Crippen molar-refractivity contribution in [3.8, 4) is 6.07 Å². The van der Waals surface area contributed by atoms with Crippen LogP contribution in [0, 0.1) is 28.1 Å². The van der Waals surface area contributed by atoms with Crippen LogP contribution in [-0.2, 0) is 10.4 Å². The molecule has 0 heterocycles. The number of hydrogen-bond acceptors (Lipinski definition) is 3. The Bertz CT molecular complexity index is 713. The van der Waals surface area contributed by atoms with E-state index in [1.165, 1.54) is 0 Å². The summed E-state index contributed by atoms with van der Waals surface area (Å²) in [6.07, 6.45) is 3.77. The number of carbonyl (C=O) groups is 1. The minimum atomic E-state index is -0.903. The SMILES string of the molecule is CC1(C)C(=O)C(C#N)=C[C@]2(C)C[C@](O)(c3ccccc3)CC[C@H]12. The summed E-state index contributed by atoms with van der Waals surface area (Å²) in [6, 6.07) is 11.8. The van der Waals surface area contributed by atoms with Crippen molar-refractivity contribution >= 4 is 5.78 Å². The van der Waals surface area contributed by atoms with E-state index < -0.39 is 11.0 Å². The van der Waals surface area contributed by atoms with Crippen LogP contribution in [-0.4, -0.2) is 10.9 Å². The number of allylic oxidation sites excluding steroid dienone is 2. The summed E-state index contributed by atoms with van der Waals surface area (Å²) in [7, 11) is 0. The second kappa shape index (κ2) is 5.04. The third-order valence-corrected chi connectivity index (χ3v) is 5.92. The molecule has 3 nitrogen and oxygen atoms in total. The van der Waals surface area contributed by atoms with E-state index >= 15 is 0 Å². The van der Waals surface area contributed by atoms with Gasteiger partial charge in [0.25, 0.3) is 0 Å². The van der Waals surface area contributed by atoms with E-state index in [-0.39, 0.29) is 22.7 Å². The molecule has 3 rings (SSSR count). The molecule has 0 aliphatic heterocycles. The minimum Gasteiger partial charge on any atom is -0.385 e. The first kappa shape index (κ1) is 16.0. The van der Waals surface area contributed by atoms with Gasteiger partial charge in [-0.2, -0.15) is 5.26 Å². The van der Waals surface area contributed by atoms with Crippen LogP contribution in [0.25, 0.3) is 0 Å². The first-order valence-corrected chi connectivity index (χ1v) is 8.19. The fraction of sp³-hybridized carbons (Fsp3) is 0.500. The highest BCUT2D eigenvalue weighted by atomic mass is 16.3. The third kappa shape index (κ3) is 2.33. The van der Waals surface area contributed by atoms with E-state index in [0.29, 0.717) is 12.8 Å². The maximum Gasteiger partial charge on any atom is 0.178 e. The van der Waals surface area contributed by atoms with Gasteiger partial charge in [0.2, 0.25) is 0 Å². The molecule has 0 spiro atoms. The largest absolute Gasteiger partial charge is 0.385 e. The number of benzene rings is 1. The van der Waals surface area contributed by atoms with Crippen molar-refractivity contribution in [2.24, 2.45) is 16.7 Å². The van der Waals surface area contributed by atoms with Gasteiger partial charge in [0.15, 0.2) is 5.78 Å². The molecule has 0 aromatic heterocycles. The fourth-order valence-corrected chi connectivity index (χ4v) is 4.87. The van der Waals surface area contributed by atoms with E-state index in [2.05, 4.69) is 13.0 Å². The van der Waals surface area contributed by atoms with Crippen LogP contribution >= 0.6 is 0 Å². The Kier molecular flexibility index (Phi) is 3.50. The van der Waals surface area contributed by atoms with E-state index in [1.54, 1.807) is 0 Å². The van der Waals surface area contributed by atoms with Crippen molar-refractivity contribution in [1.29, 1.82) is 5.26 Å².